The molecule has 132 valence electrons. The second-order valence-corrected chi connectivity index (χ2v) is 7.08. The molecule has 25 heavy (non-hydrogen) atoms. The smallest absolute Gasteiger partial charge is 0.368 e. The van der Waals surface area contributed by atoms with Crippen molar-refractivity contribution in [2.45, 2.75) is 6.18 Å². The van der Waals surface area contributed by atoms with E-state index in [9.17, 15) is 18.0 Å². The van der Waals surface area contributed by atoms with Crippen molar-refractivity contribution in [3.63, 3.8) is 0 Å². The highest BCUT2D eigenvalue weighted by atomic mass is 127. The second-order valence-electron chi connectivity index (χ2n) is 5.84. The first-order valence-electron chi connectivity index (χ1n) is 7.81. The summed E-state index contributed by atoms with van der Waals surface area (Å²) in [5, 5.41) is 0. The van der Waals surface area contributed by atoms with E-state index >= 15 is 0 Å². The molecule has 1 aliphatic heterocycles. The Labute approximate surface area is 157 Å². The fraction of sp³-hybridized carbons (Fsp3) is 0.278. The van der Waals surface area contributed by atoms with Crippen LogP contribution in [0.4, 0.5) is 18.9 Å². The van der Waals surface area contributed by atoms with Crippen LogP contribution in [0.15, 0.2) is 48.5 Å². The van der Waals surface area contributed by atoms with E-state index in [2.05, 4.69) is 22.6 Å². The SMILES string of the molecule is O=C(c1cccc(I)c1)N1CCN(c2cccc(C(F)(F)F)c2)CC1. The van der Waals surface area contributed by atoms with Gasteiger partial charge in [0.15, 0.2) is 0 Å². The third-order valence-electron chi connectivity index (χ3n) is 4.18. The summed E-state index contributed by atoms with van der Waals surface area (Å²) in [5.74, 6) is -0.0396. The molecule has 0 radical (unpaired) electrons. The first-order valence-corrected chi connectivity index (χ1v) is 8.89. The molecule has 1 amide bonds. The molecule has 0 unspecified atom stereocenters. The Morgan fingerprint density at radius 1 is 0.960 bits per heavy atom. The molecule has 0 spiro atoms. The quantitative estimate of drug-likeness (QED) is 0.626. The molecule has 1 aliphatic rings. The summed E-state index contributed by atoms with van der Waals surface area (Å²) >= 11 is 2.16. The molecule has 0 aliphatic carbocycles. The van der Waals surface area contributed by atoms with Crippen molar-refractivity contribution >= 4 is 34.2 Å². The molecule has 0 atom stereocenters. The van der Waals surface area contributed by atoms with E-state index in [-0.39, 0.29) is 5.91 Å². The van der Waals surface area contributed by atoms with Crippen molar-refractivity contribution in [1.29, 1.82) is 0 Å². The van der Waals surface area contributed by atoms with Crippen LogP contribution in [0.25, 0.3) is 0 Å². The molecule has 0 aromatic heterocycles. The maximum absolute atomic E-state index is 12.9. The van der Waals surface area contributed by atoms with Gasteiger partial charge < -0.3 is 9.80 Å². The highest BCUT2D eigenvalue weighted by Crippen LogP contribution is 2.31. The maximum Gasteiger partial charge on any atom is 0.416 e. The van der Waals surface area contributed by atoms with Gasteiger partial charge in [-0.15, -0.1) is 0 Å². The summed E-state index contributed by atoms with van der Waals surface area (Å²) < 4.78 is 39.5. The Morgan fingerprint density at radius 2 is 1.64 bits per heavy atom. The van der Waals surface area contributed by atoms with E-state index in [1.807, 2.05) is 23.1 Å². The van der Waals surface area contributed by atoms with Crippen LogP contribution >= 0.6 is 22.6 Å². The number of hydrogen-bond donors (Lipinski definition) is 0. The Morgan fingerprint density at radius 3 is 2.28 bits per heavy atom. The molecule has 0 N–H and O–H groups in total. The zero-order chi connectivity index (χ0) is 18.0. The van der Waals surface area contributed by atoms with Gasteiger partial charge in [-0.2, -0.15) is 13.2 Å². The normalized spacial score (nSPS) is 15.4. The van der Waals surface area contributed by atoms with Gasteiger partial charge in [0.2, 0.25) is 0 Å². The molecule has 3 nitrogen and oxygen atoms in total. The number of halogens is 4. The Hall–Kier alpha value is -1.77. The summed E-state index contributed by atoms with van der Waals surface area (Å²) in [6.45, 7) is 2.00. The Bertz CT molecular complexity index is 771. The van der Waals surface area contributed by atoms with Crippen LogP contribution in [0, 0.1) is 3.57 Å². The van der Waals surface area contributed by atoms with Crippen molar-refractivity contribution in [2.75, 3.05) is 31.1 Å². The number of carbonyl (C=O) groups is 1. The van der Waals surface area contributed by atoms with Gasteiger partial charge in [-0.05, 0) is 59.0 Å². The number of anilines is 1. The van der Waals surface area contributed by atoms with Crippen LogP contribution in [-0.2, 0) is 6.18 Å². The predicted molar refractivity (Wildman–Crippen MR) is 98.7 cm³/mol. The van der Waals surface area contributed by atoms with Gasteiger partial charge in [0.05, 0.1) is 5.56 Å². The number of carbonyl (C=O) groups excluding carboxylic acids is 1. The topological polar surface area (TPSA) is 23.6 Å². The van der Waals surface area contributed by atoms with Crippen molar-refractivity contribution in [3.8, 4) is 0 Å². The maximum atomic E-state index is 12.9. The first-order chi connectivity index (χ1) is 11.8. The fourth-order valence-electron chi connectivity index (χ4n) is 2.85. The summed E-state index contributed by atoms with van der Waals surface area (Å²) in [6.07, 6.45) is -4.35. The van der Waals surface area contributed by atoms with Crippen LogP contribution in [0.1, 0.15) is 15.9 Å². The summed E-state index contributed by atoms with van der Waals surface area (Å²) in [6, 6.07) is 12.7. The van der Waals surface area contributed by atoms with Crippen LogP contribution in [0.2, 0.25) is 0 Å². The van der Waals surface area contributed by atoms with Crippen molar-refractivity contribution in [2.24, 2.45) is 0 Å². The second kappa shape index (κ2) is 7.23. The lowest BCUT2D eigenvalue weighted by atomic mass is 10.1. The molecule has 2 aromatic carbocycles. The van der Waals surface area contributed by atoms with Gasteiger partial charge in [-0.3, -0.25) is 4.79 Å². The van der Waals surface area contributed by atoms with Gasteiger partial charge in [0.1, 0.15) is 0 Å². The van der Waals surface area contributed by atoms with Crippen LogP contribution in [0.3, 0.4) is 0 Å². The van der Waals surface area contributed by atoms with E-state index < -0.39 is 11.7 Å². The number of benzene rings is 2. The lowest BCUT2D eigenvalue weighted by molar-refractivity contribution is -0.137. The molecule has 1 heterocycles. The molecular weight excluding hydrogens is 444 g/mol. The Kier molecular flexibility index (Phi) is 5.21. The number of alkyl halides is 3. The molecular formula is C18H16F3IN2O. The highest BCUT2D eigenvalue weighted by Gasteiger charge is 2.31. The van der Waals surface area contributed by atoms with E-state index in [1.165, 1.54) is 6.07 Å². The third kappa shape index (κ3) is 4.26. The minimum absolute atomic E-state index is 0.0396. The molecule has 3 rings (SSSR count). The van der Waals surface area contributed by atoms with Gasteiger partial charge >= 0.3 is 6.18 Å². The van der Waals surface area contributed by atoms with Crippen molar-refractivity contribution in [1.82, 2.24) is 4.90 Å². The van der Waals surface area contributed by atoms with Crippen molar-refractivity contribution < 1.29 is 18.0 Å². The third-order valence-corrected chi connectivity index (χ3v) is 4.85. The minimum Gasteiger partial charge on any atom is -0.368 e. The number of rotatable bonds is 2. The number of amides is 1. The van der Waals surface area contributed by atoms with Gasteiger partial charge in [-0.25, -0.2) is 0 Å². The molecule has 2 aromatic rings. The average Bonchev–Trinajstić information content (AvgIpc) is 2.61. The fourth-order valence-corrected chi connectivity index (χ4v) is 3.39. The predicted octanol–water partition coefficient (Wildman–Crippen LogP) is 4.27. The van der Waals surface area contributed by atoms with Crippen molar-refractivity contribution in [3.05, 3.63) is 63.2 Å². The largest absolute Gasteiger partial charge is 0.416 e. The van der Waals surface area contributed by atoms with Gasteiger partial charge in [0.25, 0.3) is 5.91 Å². The lowest BCUT2D eigenvalue weighted by Crippen LogP contribution is -2.48. The van der Waals surface area contributed by atoms with Gasteiger partial charge in [-0.1, -0.05) is 12.1 Å². The molecule has 0 bridgehead atoms. The summed E-state index contributed by atoms with van der Waals surface area (Å²) in [7, 11) is 0. The first kappa shape index (κ1) is 18.0. The standard InChI is InChI=1S/C18H16F3IN2O/c19-18(20,21)14-4-2-6-16(12-14)23-7-9-24(10-8-23)17(25)13-3-1-5-15(22)11-13/h1-6,11-12H,7-10H2. The van der Waals surface area contributed by atoms with Crippen LogP contribution < -0.4 is 4.90 Å². The highest BCUT2D eigenvalue weighted by molar-refractivity contribution is 14.1. The van der Waals surface area contributed by atoms with E-state index in [0.29, 0.717) is 37.4 Å². The number of piperazine rings is 1. The summed E-state index contributed by atoms with van der Waals surface area (Å²) in [5.41, 5.74) is 0.526. The Balaban J connectivity index is 1.67. The monoisotopic (exact) mass is 460 g/mol. The number of hydrogen-bond acceptors (Lipinski definition) is 2. The van der Waals surface area contributed by atoms with E-state index in [1.54, 1.807) is 17.0 Å². The molecule has 7 heteroatoms. The van der Waals surface area contributed by atoms with Gasteiger partial charge in [0, 0.05) is 41.0 Å². The van der Waals surface area contributed by atoms with Crippen LogP contribution in [0.5, 0.6) is 0 Å². The summed E-state index contributed by atoms with van der Waals surface area (Å²) in [4.78, 5) is 16.2. The lowest BCUT2D eigenvalue weighted by Gasteiger charge is -2.36. The van der Waals surface area contributed by atoms with Crippen LogP contribution in [-0.4, -0.2) is 37.0 Å². The van der Waals surface area contributed by atoms with E-state index in [0.717, 1.165) is 15.7 Å². The zero-order valence-corrected chi connectivity index (χ0v) is 15.4. The average molecular weight is 460 g/mol. The van der Waals surface area contributed by atoms with E-state index in [4.69, 9.17) is 0 Å². The zero-order valence-electron chi connectivity index (χ0n) is 13.3. The minimum atomic E-state index is -4.35. The molecule has 1 fully saturated rings. The molecule has 1 saturated heterocycles. The number of nitrogens with zero attached hydrogens (tertiary/aromatic N) is 2. The molecule has 0 saturated carbocycles.